The molecule has 0 N–H and O–H groups in total. The average Bonchev–Trinajstić information content (AvgIpc) is 3.06. The summed E-state index contributed by atoms with van der Waals surface area (Å²) in [7, 11) is 0. The van der Waals surface area contributed by atoms with E-state index in [1.165, 1.54) is 50.3 Å². The van der Waals surface area contributed by atoms with Crippen molar-refractivity contribution in [3.63, 3.8) is 0 Å². The van der Waals surface area contributed by atoms with E-state index in [0.717, 1.165) is 6.42 Å². The molecule has 0 bridgehead atoms. The summed E-state index contributed by atoms with van der Waals surface area (Å²) in [5.74, 6) is 0.447. The van der Waals surface area contributed by atoms with Crippen LogP contribution in [0.5, 0.6) is 0 Å². The molecule has 0 nitrogen and oxygen atoms in total. The summed E-state index contributed by atoms with van der Waals surface area (Å²) in [5, 5.41) is 0. The summed E-state index contributed by atoms with van der Waals surface area (Å²) in [4.78, 5) is 0. The molecule has 2 aromatic carbocycles. The zero-order chi connectivity index (χ0) is 17.1. The van der Waals surface area contributed by atoms with Gasteiger partial charge in [0, 0.05) is 0 Å². The standard InChI is InChI=1S/C23H23.2ClH.Zr/c1-15-13-16(23(2,3)4)14-21(15)22-19-11-7-5-9-17(19)18-10-6-8-12-20(18)22;;;/h5-11,13,22H,14H2,1-4H3;2*1H;/q;;;+2/p-2. The maximum atomic E-state index is 2.45. The molecule has 4 rings (SSSR count). The fourth-order valence-corrected chi connectivity index (χ4v) is 5.11. The number of hydrogen-bond donors (Lipinski definition) is 0. The van der Waals surface area contributed by atoms with Gasteiger partial charge in [-0.2, -0.15) is 0 Å². The van der Waals surface area contributed by atoms with Gasteiger partial charge in [-0.1, -0.05) is 0 Å². The minimum Gasteiger partial charge on any atom is -1.00 e. The van der Waals surface area contributed by atoms with Crippen LogP contribution in [0, 0.1) is 5.41 Å². The molecule has 0 spiro atoms. The van der Waals surface area contributed by atoms with Gasteiger partial charge in [0.15, 0.2) is 0 Å². The number of halogens is 2. The number of benzene rings is 2. The van der Waals surface area contributed by atoms with Gasteiger partial charge in [-0.3, -0.25) is 0 Å². The molecular weight excluding hydrogens is 438 g/mol. The smallest absolute Gasteiger partial charge is 1.00 e. The molecule has 0 saturated carbocycles. The van der Waals surface area contributed by atoms with Gasteiger partial charge in [-0.25, -0.2) is 0 Å². The molecule has 3 heteroatoms. The van der Waals surface area contributed by atoms with Crippen molar-refractivity contribution < 1.29 is 49.5 Å². The normalized spacial score (nSPS) is 17.9. The van der Waals surface area contributed by atoms with E-state index in [1.807, 2.05) is 0 Å². The summed E-state index contributed by atoms with van der Waals surface area (Å²) in [6.07, 6.45) is 3.57. The van der Waals surface area contributed by atoms with Crippen LogP contribution in [0.25, 0.3) is 11.1 Å². The molecule has 1 atom stereocenters. The fourth-order valence-electron chi connectivity index (χ4n) is 4.18. The quantitative estimate of drug-likeness (QED) is 0.546. The molecule has 2 aliphatic carbocycles. The number of rotatable bonds is 1. The van der Waals surface area contributed by atoms with Crippen LogP contribution in [0.15, 0.2) is 65.3 Å². The van der Waals surface area contributed by atoms with Crippen LogP contribution in [0.1, 0.15) is 51.2 Å². The van der Waals surface area contributed by atoms with E-state index in [-0.39, 0.29) is 30.2 Å². The van der Waals surface area contributed by atoms with E-state index >= 15 is 0 Å². The first-order chi connectivity index (χ1) is 11.4. The topological polar surface area (TPSA) is 0 Å². The molecule has 0 fully saturated rings. The van der Waals surface area contributed by atoms with E-state index in [4.69, 9.17) is 0 Å². The van der Waals surface area contributed by atoms with Crippen LogP contribution in [-0.2, 0) is 24.7 Å². The van der Waals surface area contributed by atoms with Crippen LogP contribution in [0.4, 0.5) is 0 Å². The Kier molecular flexibility index (Phi) is 6.49. The molecule has 0 amide bonds. The Morgan fingerprint density at radius 1 is 0.923 bits per heavy atom. The van der Waals surface area contributed by atoms with Crippen molar-refractivity contribution in [2.75, 3.05) is 0 Å². The Morgan fingerprint density at radius 3 is 2.23 bits per heavy atom. The molecule has 0 aromatic heterocycles. The van der Waals surface area contributed by atoms with Gasteiger partial charge in [0.1, 0.15) is 0 Å². The van der Waals surface area contributed by atoms with Gasteiger partial charge in [-0.05, 0) is 0 Å². The van der Waals surface area contributed by atoms with E-state index in [0.29, 0.717) is 5.92 Å². The Labute approximate surface area is 184 Å². The Hall–Kier alpha value is -0.617. The third-order valence-corrected chi connectivity index (χ3v) is 6.62. The monoisotopic (exact) mass is 459 g/mol. The number of allylic oxidation sites excluding steroid dienone is 4. The van der Waals surface area contributed by atoms with E-state index in [1.54, 1.807) is 16.7 Å². The molecule has 0 heterocycles. The van der Waals surface area contributed by atoms with Crippen molar-refractivity contribution in [1.29, 1.82) is 0 Å². The summed E-state index contributed by atoms with van der Waals surface area (Å²) in [5.41, 5.74) is 10.9. The van der Waals surface area contributed by atoms with Gasteiger partial charge >= 0.3 is 161 Å². The van der Waals surface area contributed by atoms with Crippen LogP contribution in [0.2, 0.25) is 0 Å². The third-order valence-electron chi connectivity index (χ3n) is 5.55. The minimum absolute atomic E-state index is 0. The first kappa shape index (κ1) is 21.7. The van der Waals surface area contributed by atoms with E-state index in [2.05, 4.69) is 76.2 Å². The van der Waals surface area contributed by atoms with Gasteiger partial charge in [0.05, 0.1) is 0 Å². The zero-order valence-corrected chi connectivity index (χ0v) is 19.6. The summed E-state index contributed by atoms with van der Waals surface area (Å²) < 4.78 is 1.51. The maximum absolute atomic E-state index is 2.45. The van der Waals surface area contributed by atoms with Crippen LogP contribution in [0.3, 0.4) is 0 Å². The Balaban J connectivity index is 0.00000121. The number of fused-ring (bicyclic) bond motifs is 3. The van der Waals surface area contributed by atoms with Crippen LogP contribution in [-0.4, -0.2) is 0 Å². The maximum Gasteiger partial charge on any atom is -1.00 e. The molecule has 1 unspecified atom stereocenters. The van der Waals surface area contributed by atoms with Crippen LogP contribution < -0.4 is 28.1 Å². The Bertz CT molecular complexity index is 901. The average molecular weight is 462 g/mol. The second-order valence-electron chi connectivity index (χ2n) is 8.09. The molecule has 133 valence electrons. The van der Waals surface area contributed by atoms with Gasteiger partial charge < -0.3 is 24.8 Å². The molecule has 0 aliphatic heterocycles. The number of hydrogen-bond acceptors (Lipinski definition) is 0. The largest absolute Gasteiger partial charge is 1.00 e. The third kappa shape index (κ3) is 3.44. The van der Waals surface area contributed by atoms with Crippen molar-refractivity contribution in [3.8, 4) is 11.1 Å². The van der Waals surface area contributed by atoms with E-state index < -0.39 is 0 Å². The van der Waals surface area contributed by atoms with Crippen LogP contribution >= 0.6 is 0 Å². The second kappa shape index (κ2) is 7.78. The van der Waals surface area contributed by atoms with Crippen molar-refractivity contribution in [3.05, 3.63) is 76.4 Å². The summed E-state index contributed by atoms with van der Waals surface area (Å²) >= 11 is 1.51. The Morgan fingerprint density at radius 2 is 1.58 bits per heavy atom. The zero-order valence-electron chi connectivity index (χ0n) is 15.7. The molecule has 26 heavy (non-hydrogen) atoms. The molecule has 0 radical (unpaired) electrons. The molecular formula is C23H23Cl2Zr. The predicted molar refractivity (Wildman–Crippen MR) is 98.2 cm³/mol. The van der Waals surface area contributed by atoms with Gasteiger partial charge in [-0.15, -0.1) is 0 Å². The summed E-state index contributed by atoms with van der Waals surface area (Å²) in [6.45, 7) is 9.31. The van der Waals surface area contributed by atoms with Crippen molar-refractivity contribution >= 4 is 3.27 Å². The summed E-state index contributed by atoms with van der Waals surface area (Å²) in [6, 6.07) is 15.8. The van der Waals surface area contributed by atoms with Gasteiger partial charge in [0.25, 0.3) is 0 Å². The van der Waals surface area contributed by atoms with E-state index in [9.17, 15) is 0 Å². The minimum atomic E-state index is 0. The van der Waals surface area contributed by atoms with Crippen molar-refractivity contribution in [2.45, 2.75) is 40.0 Å². The van der Waals surface area contributed by atoms with Crippen molar-refractivity contribution in [2.24, 2.45) is 5.41 Å². The first-order valence-electron chi connectivity index (χ1n) is 8.72. The van der Waals surface area contributed by atoms with Gasteiger partial charge in [0.2, 0.25) is 0 Å². The predicted octanol–water partition coefficient (Wildman–Crippen LogP) is -0.328. The molecule has 0 saturated heterocycles. The first-order valence-corrected chi connectivity index (χ1v) is 9.95. The van der Waals surface area contributed by atoms with Crippen molar-refractivity contribution in [1.82, 2.24) is 0 Å². The second-order valence-corrected chi connectivity index (χ2v) is 9.42. The molecule has 2 aliphatic rings. The fraction of sp³-hybridized carbons (Fsp3) is 0.304. The SMILES string of the molecule is CC1=C(C2c3ccccc3-c3ccc[c]([Zr+2])c32)CC(C(C)(C)C)=C1.[Cl-].[Cl-]. The molecule has 2 aromatic rings.